The summed E-state index contributed by atoms with van der Waals surface area (Å²) >= 11 is 0. The summed E-state index contributed by atoms with van der Waals surface area (Å²) in [6.07, 6.45) is -0.699. The van der Waals surface area contributed by atoms with Gasteiger partial charge >= 0.3 is 12.1 Å². The summed E-state index contributed by atoms with van der Waals surface area (Å²) in [5.41, 5.74) is 0.160. The van der Waals surface area contributed by atoms with Crippen LogP contribution in [0.25, 0.3) is 0 Å². The first-order chi connectivity index (χ1) is 12.0. The van der Waals surface area contributed by atoms with Gasteiger partial charge in [0.25, 0.3) is 0 Å². The van der Waals surface area contributed by atoms with Crippen LogP contribution in [0.1, 0.15) is 59.4 Å². The first kappa shape index (κ1) is 20.3. The minimum absolute atomic E-state index is 0.0982. The van der Waals surface area contributed by atoms with E-state index in [1.165, 1.54) is 0 Å². The molecular weight excluding hydrogens is 330 g/mol. The van der Waals surface area contributed by atoms with Gasteiger partial charge in [0, 0.05) is 5.92 Å². The number of cyclic esters (lactones) is 1. The molecule has 1 N–H and O–H groups in total. The third-order valence-corrected chi connectivity index (χ3v) is 4.64. The Labute approximate surface area is 156 Å². The molecule has 26 heavy (non-hydrogen) atoms. The molecule has 0 spiro atoms. The van der Waals surface area contributed by atoms with Crippen LogP contribution in [0.2, 0.25) is 0 Å². The molecule has 0 aliphatic carbocycles. The Kier molecular flexibility index (Phi) is 5.99. The molecule has 1 saturated heterocycles. The third-order valence-electron chi connectivity index (χ3n) is 4.64. The van der Waals surface area contributed by atoms with Gasteiger partial charge < -0.3 is 14.8 Å². The molecule has 5 nitrogen and oxygen atoms in total. The van der Waals surface area contributed by atoms with E-state index in [-0.39, 0.29) is 35.7 Å². The second-order valence-corrected chi connectivity index (χ2v) is 8.94. The second kappa shape index (κ2) is 7.68. The smallest absolute Gasteiger partial charge is 0.407 e. The number of carbonyl (C=O) groups is 2. The highest BCUT2D eigenvalue weighted by Crippen LogP contribution is 2.41. The van der Waals surface area contributed by atoms with Crippen LogP contribution < -0.4 is 5.32 Å². The highest BCUT2D eigenvalue weighted by Gasteiger charge is 2.49. The van der Waals surface area contributed by atoms with Crippen LogP contribution in [0, 0.1) is 11.3 Å². The molecule has 0 unspecified atom stereocenters. The summed E-state index contributed by atoms with van der Waals surface area (Å²) < 4.78 is 11.1. The lowest BCUT2D eigenvalue weighted by Crippen LogP contribution is -2.61. The molecule has 0 radical (unpaired) electrons. The van der Waals surface area contributed by atoms with Crippen molar-refractivity contribution in [1.82, 2.24) is 5.32 Å². The molecule has 144 valence electrons. The molecular formula is C21H31NO4. The fraction of sp³-hybridized carbons (Fsp3) is 0.619. The Morgan fingerprint density at radius 3 is 2.42 bits per heavy atom. The van der Waals surface area contributed by atoms with E-state index in [0.29, 0.717) is 6.61 Å². The molecule has 1 aromatic rings. The zero-order valence-corrected chi connectivity index (χ0v) is 16.7. The van der Waals surface area contributed by atoms with Gasteiger partial charge in [-0.25, -0.2) is 4.79 Å². The summed E-state index contributed by atoms with van der Waals surface area (Å²) in [5, 5.41) is 2.89. The minimum Gasteiger partial charge on any atom is -0.465 e. The van der Waals surface area contributed by atoms with Crippen LogP contribution in [-0.2, 0) is 14.3 Å². The standard InChI is InChI=1S/C21H31NO4/c1-14(2)18-17(15-10-8-7-9-11-15)21(6,22-19(24)26-18)12-16(23)25-13-20(3,4)5/h7-11,14,17-18H,12-13H2,1-6H3,(H,22,24)/t17-,18-,21+/m0/s1. The maximum Gasteiger partial charge on any atom is 0.407 e. The number of alkyl carbamates (subject to hydrolysis) is 1. The van der Waals surface area contributed by atoms with Crippen LogP contribution in [0.5, 0.6) is 0 Å². The van der Waals surface area contributed by atoms with E-state index in [9.17, 15) is 9.59 Å². The monoisotopic (exact) mass is 361 g/mol. The lowest BCUT2D eigenvalue weighted by molar-refractivity contribution is -0.149. The molecule has 1 aliphatic rings. The number of esters is 1. The fourth-order valence-corrected chi connectivity index (χ4v) is 3.44. The number of amides is 1. The number of rotatable bonds is 5. The number of nitrogens with one attached hydrogen (secondary N) is 1. The summed E-state index contributed by atoms with van der Waals surface area (Å²) in [6, 6.07) is 9.90. The quantitative estimate of drug-likeness (QED) is 0.795. The van der Waals surface area contributed by atoms with E-state index in [4.69, 9.17) is 9.47 Å². The van der Waals surface area contributed by atoms with Crippen molar-refractivity contribution in [3.63, 3.8) is 0 Å². The highest BCUT2D eigenvalue weighted by molar-refractivity contribution is 5.75. The summed E-state index contributed by atoms with van der Waals surface area (Å²) in [4.78, 5) is 24.7. The Morgan fingerprint density at radius 2 is 1.88 bits per heavy atom. The van der Waals surface area contributed by atoms with Crippen LogP contribution in [0.4, 0.5) is 4.79 Å². The number of hydrogen-bond acceptors (Lipinski definition) is 4. The zero-order chi connectivity index (χ0) is 19.5. The van der Waals surface area contributed by atoms with Gasteiger partial charge in [0.05, 0.1) is 18.6 Å². The van der Waals surface area contributed by atoms with E-state index >= 15 is 0 Å². The molecule has 0 aromatic heterocycles. The predicted octanol–water partition coefficient (Wildman–Crippen LogP) is 4.27. The first-order valence-corrected chi connectivity index (χ1v) is 9.21. The van der Waals surface area contributed by atoms with Crippen LogP contribution in [0.15, 0.2) is 30.3 Å². The molecule has 1 heterocycles. The molecule has 1 aromatic carbocycles. The average molecular weight is 361 g/mol. The lowest BCUT2D eigenvalue weighted by atomic mass is 9.71. The summed E-state index contributed by atoms with van der Waals surface area (Å²) in [7, 11) is 0. The predicted molar refractivity (Wildman–Crippen MR) is 101 cm³/mol. The van der Waals surface area contributed by atoms with E-state index in [2.05, 4.69) is 5.32 Å². The second-order valence-electron chi connectivity index (χ2n) is 8.94. The molecule has 3 atom stereocenters. The molecule has 2 rings (SSSR count). The topological polar surface area (TPSA) is 64.6 Å². The van der Waals surface area contributed by atoms with Crippen LogP contribution >= 0.6 is 0 Å². The van der Waals surface area contributed by atoms with E-state index in [1.54, 1.807) is 0 Å². The molecule has 1 aliphatic heterocycles. The maximum absolute atomic E-state index is 12.5. The first-order valence-electron chi connectivity index (χ1n) is 9.21. The zero-order valence-electron chi connectivity index (χ0n) is 16.7. The van der Waals surface area contributed by atoms with E-state index in [0.717, 1.165) is 5.56 Å². The SMILES string of the molecule is CC(C)[C@@H]1OC(=O)N[C@](C)(CC(=O)OCC(C)(C)C)[C@H]1c1ccccc1. The van der Waals surface area contributed by atoms with Gasteiger partial charge in [-0.2, -0.15) is 0 Å². The number of ether oxygens (including phenoxy) is 2. The van der Waals surface area contributed by atoms with Crippen molar-refractivity contribution in [2.75, 3.05) is 6.61 Å². The molecule has 0 bridgehead atoms. The number of hydrogen-bond donors (Lipinski definition) is 1. The van der Waals surface area contributed by atoms with Crippen molar-refractivity contribution in [3.8, 4) is 0 Å². The maximum atomic E-state index is 12.5. The molecule has 5 heteroatoms. The highest BCUT2D eigenvalue weighted by atomic mass is 16.6. The van der Waals surface area contributed by atoms with Gasteiger partial charge in [0.2, 0.25) is 0 Å². The number of carbonyl (C=O) groups excluding carboxylic acids is 2. The van der Waals surface area contributed by atoms with Crippen molar-refractivity contribution in [3.05, 3.63) is 35.9 Å². The van der Waals surface area contributed by atoms with Crippen molar-refractivity contribution in [2.24, 2.45) is 11.3 Å². The van der Waals surface area contributed by atoms with Crippen molar-refractivity contribution in [1.29, 1.82) is 0 Å². The molecule has 0 saturated carbocycles. The molecule has 1 amide bonds. The van der Waals surface area contributed by atoms with Gasteiger partial charge in [-0.15, -0.1) is 0 Å². The van der Waals surface area contributed by atoms with E-state index < -0.39 is 11.6 Å². The van der Waals surface area contributed by atoms with Crippen molar-refractivity contribution >= 4 is 12.1 Å². The largest absolute Gasteiger partial charge is 0.465 e. The van der Waals surface area contributed by atoms with Crippen molar-refractivity contribution < 1.29 is 19.1 Å². The Morgan fingerprint density at radius 1 is 1.27 bits per heavy atom. The van der Waals surface area contributed by atoms with Gasteiger partial charge in [-0.1, -0.05) is 65.0 Å². The van der Waals surface area contributed by atoms with Gasteiger partial charge in [-0.3, -0.25) is 4.79 Å². The third kappa shape index (κ3) is 4.99. The van der Waals surface area contributed by atoms with E-state index in [1.807, 2.05) is 71.9 Å². The van der Waals surface area contributed by atoms with Crippen LogP contribution in [-0.4, -0.2) is 30.3 Å². The average Bonchev–Trinajstić information content (AvgIpc) is 2.52. The normalized spacial score (nSPS) is 26.2. The summed E-state index contributed by atoms with van der Waals surface area (Å²) in [5.74, 6) is -0.340. The number of benzene rings is 1. The lowest BCUT2D eigenvalue weighted by Gasteiger charge is -2.47. The van der Waals surface area contributed by atoms with Crippen molar-refractivity contribution in [2.45, 2.75) is 65.5 Å². The Bertz CT molecular complexity index is 635. The van der Waals surface area contributed by atoms with Gasteiger partial charge in [-0.05, 0) is 23.8 Å². The van der Waals surface area contributed by atoms with Crippen LogP contribution in [0.3, 0.4) is 0 Å². The van der Waals surface area contributed by atoms with Gasteiger partial charge in [0.15, 0.2) is 0 Å². The molecule has 1 fully saturated rings. The Balaban J connectivity index is 2.30. The van der Waals surface area contributed by atoms with Gasteiger partial charge in [0.1, 0.15) is 6.10 Å². The fourth-order valence-electron chi connectivity index (χ4n) is 3.44. The minimum atomic E-state index is -0.777. The summed E-state index contributed by atoms with van der Waals surface area (Å²) in [6.45, 7) is 12.3. The Hall–Kier alpha value is -2.04.